The Balaban J connectivity index is 1.88. The molecule has 0 aromatic carbocycles. The Morgan fingerprint density at radius 3 is 2.40 bits per heavy atom. The van der Waals surface area contributed by atoms with E-state index in [1.807, 2.05) is 22.6 Å². The standard InChI is InChI=1S/C7H9IO2/c8-6(9)5-1-7(2-5)3-10-4-7/h5H,1-4H2. The van der Waals surface area contributed by atoms with Crippen LogP contribution in [0.4, 0.5) is 0 Å². The lowest BCUT2D eigenvalue weighted by Gasteiger charge is -2.52. The molecular formula is C7H9IO2. The molecule has 1 saturated heterocycles. The molecule has 1 saturated carbocycles. The number of hydrogen-bond acceptors (Lipinski definition) is 2. The van der Waals surface area contributed by atoms with Crippen molar-refractivity contribution in [2.75, 3.05) is 13.2 Å². The summed E-state index contributed by atoms with van der Waals surface area (Å²) in [6.45, 7) is 1.79. The average molecular weight is 252 g/mol. The van der Waals surface area contributed by atoms with Crippen molar-refractivity contribution < 1.29 is 9.53 Å². The maximum atomic E-state index is 10.8. The molecule has 10 heavy (non-hydrogen) atoms. The summed E-state index contributed by atoms with van der Waals surface area (Å²) in [6.07, 6.45) is 2.16. The van der Waals surface area contributed by atoms with Crippen LogP contribution in [0.15, 0.2) is 0 Å². The fourth-order valence-corrected chi connectivity index (χ4v) is 2.21. The van der Waals surface area contributed by atoms with E-state index >= 15 is 0 Å². The van der Waals surface area contributed by atoms with Gasteiger partial charge in [0.1, 0.15) is 0 Å². The van der Waals surface area contributed by atoms with E-state index in [1.165, 1.54) is 0 Å². The second kappa shape index (κ2) is 2.17. The van der Waals surface area contributed by atoms with Gasteiger partial charge in [-0.2, -0.15) is 0 Å². The Labute approximate surface area is 73.5 Å². The van der Waals surface area contributed by atoms with Crippen LogP contribution in [0.3, 0.4) is 0 Å². The number of ether oxygens (including phenoxy) is 1. The predicted molar refractivity (Wildman–Crippen MR) is 45.0 cm³/mol. The van der Waals surface area contributed by atoms with Gasteiger partial charge in [0.25, 0.3) is 0 Å². The van der Waals surface area contributed by atoms with E-state index < -0.39 is 0 Å². The number of carbonyl (C=O) groups is 1. The van der Waals surface area contributed by atoms with E-state index in [-0.39, 0.29) is 0 Å². The largest absolute Gasteiger partial charge is 0.380 e. The Morgan fingerprint density at radius 2 is 2.10 bits per heavy atom. The number of carbonyl (C=O) groups excluding carboxylic acids is 1. The molecule has 3 heteroatoms. The Bertz CT molecular complexity index is 166. The molecule has 0 radical (unpaired) electrons. The zero-order valence-electron chi connectivity index (χ0n) is 5.60. The first-order chi connectivity index (χ1) is 4.72. The van der Waals surface area contributed by atoms with E-state index in [0.29, 0.717) is 15.1 Å². The van der Waals surface area contributed by atoms with Crippen molar-refractivity contribution in [3.05, 3.63) is 0 Å². The minimum atomic E-state index is 0.329. The number of rotatable bonds is 1. The summed E-state index contributed by atoms with van der Waals surface area (Å²) in [7, 11) is 0. The van der Waals surface area contributed by atoms with Crippen LogP contribution in [0.2, 0.25) is 0 Å². The maximum absolute atomic E-state index is 10.8. The molecule has 2 fully saturated rings. The minimum absolute atomic E-state index is 0.329. The van der Waals surface area contributed by atoms with Gasteiger partial charge in [-0.1, -0.05) is 0 Å². The molecule has 0 atom stereocenters. The Morgan fingerprint density at radius 1 is 1.50 bits per heavy atom. The summed E-state index contributed by atoms with van der Waals surface area (Å²) in [5, 5.41) is 0. The molecule has 0 amide bonds. The van der Waals surface area contributed by atoms with Gasteiger partial charge in [0, 0.05) is 11.3 Å². The van der Waals surface area contributed by atoms with E-state index in [2.05, 4.69) is 0 Å². The van der Waals surface area contributed by atoms with Crippen LogP contribution in [-0.2, 0) is 9.53 Å². The van der Waals surface area contributed by atoms with Crippen molar-refractivity contribution in [2.45, 2.75) is 12.8 Å². The summed E-state index contributed by atoms with van der Waals surface area (Å²) in [5.41, 5.74) is 0.450. The van der Waals surface area contributed by atoms with Crippen molar-refractivity contribution in [2.24, 2.45) is 11.3 Å². The molecular weight excluding hydrogens is 243 g/mol. The molecule has 2 aliphatic rings. The highest BCUT2D eigenvalue weighted by Gasteiger charge is 2.51. The molecule has 0 N–H and O–H groups in total. The van der Waals surface area contributed by atoms with Gasteiger partial charge in [0.05, 0.1) is 13.2 Å². The number of halogens is 1. The van der Waals surface area contributed by atoms with E-state index in [9.17, 15) is 4.79 Å². The molecule has 0 aromatic heterocycles. The summed E-state index contributed by atoms with van der Waals surface area (Å²) in [4.78, 5) is 10.8. The van der Waals surface area contributed by atoms with Gasteiger partial charge in [-0.3, -0.25) is 4.79 Å². The van der Waals surface area contributed by atoms with Crippen molar-refractivity contribution in [3.8, 4) is 0 Å². The third-order valence-corrected chi connectivity index (χ3v) is 3.38. The van der Waals surface area contributed by atoms with Gasteiger partial charge in [-0.25, -0.2) is 0 Å². The van der Waals surface area contributed by atoms with Crippen LogP contribution in [0.5, 0.6) is 0 Å². The van der Waals surface area contributed by atoms with Gasteiger partial charge < -0.3 is 4.74 Å². The summed E-state index contributed by atoms with van der Waals surface area (Å²) >= 11 is 1.90. The van der Waals surface area contributed by atoms with E-state index in [0.717, 1.165) is 26.1 Å². The highest BCUT2D eigenvalue weighted by molar-refractivity contribution is 14.1. The van der Waals surface area contributed by atoms with Gasteiger partial charge in [0.2, 0.25) is 0 Å². The second-order valence-electron chi connectivity index (χ2n) is 3.40. The summed E-state index contributed by atoms with van der Waals surface area (Å²) in [5.74, 6) is 0.351. The molecule has 0 unspecified atom stereocenters. The van der Waals surface area contributed by atoms with Crippen LogP contribution in [-0.4, -0.2) is 17.0 Å². The lowest BCUT2D eigenvalue weighted by molar-refractivity contribution is -0.178. The van der Waals surface area contributed by atoms with Crippen LogP contribution >= 0.6 is 22.6 Å². The molecule has 56 valence electrons. The monoisotopic (exact) mass is 252 g/mol. The Hall–Kier alpha value is 0.360. The zero-order valence-corrected chi connectivity index (χ0v) is 7.76. The number of hydrogen-bond donors (Lipinski definition) is 0. The van der Waals surface area contributed by atoms with E-state index in [1.54, 1.807) is 0 Å². The summed E-state index contributed by atoms with van der Waals surface area (Å²) < 4.78 is 5.42. The van der Waals surface area contributed by atoms with Crippen LogP contribution in [0, 0.1) is 11.3 Å². The molecule has 2 rings (SSSR count). The quantitative estimate of drug-likeness (QED) is 0.520. The highest BCUT2D eigenvalue weighted by Crippen LogP contribution is 2.51. The Kier molecular flexibility index (Phi) is 1.53. The van der Waals surface area contributed by atoms with Gasteiger partial charge in [-0.05, 0) is 35.4 Å². The van der Waals surface area contributed by atoms with Gasteiger partial charge in [-0.15, -0.1) is 0 Å². The molecule has 1 heterocycles. The maximum Gasteiger partial charge on any atom is 0.195 e. The first kappa shape index (κ1) is 7.03. The molecule has 1 spiro atoms. The third kappa shape index (κ3) is 0.906. The first-order valence-electron chi connectivity index (χ1n) is 3.49. The summed E-state index contributed by atoms with van der Waals surface area (Å²) in [6, 6.07) is 0. The molecule has 0 aromatic rings. The van der Waals surface area contributed by atoms with Crippen molar-refractivity contribution in [3.63, 3.8) is 0 Å². The highest BCUT2D eigenvalue weighted by atomic mass is 127. The molecule has 2 nitrogen and oxygen atoms in total. The van der Waals surface area contributed by atoms with Crippen LogP contribution in [0.1, 0.15) is 12.8 Å². The van der Waals surface area contributed by atoms with Crippen molar-refractivity contribution in [1.29, 1.82) is 0 Å². The zero-order chi connectivity index (χ0) is 7.19. The molecule has 0 bridgehead atoms. The first-order valence-corrected chi connectivity index (χ1v) is 4.57. The van der Waals surface area contributed by atoms with Crippen LogP contribution in [0.25, 0.3) is 0 Å². The topological polar surface area (TPSA) is 26.3 Å². The lowest BCUT2D eigenvalue weighted by atomic mass is 9.61. The molecule has 1 aliphatic heterocycles. The SMILES string of the molecule is O=C(I)C1CC2(COC2)C1. The average Bonchev–Trinajstić information content (AvgIpc) is 1.54. The lowest BCUT2D eigenvalue weighted by Crippen LogP contribution is -2.53. The molecule has 1 aliphatic carbocycles. The predicted octanol–water partition coefficient (Wildman–Crippen LogP) is 1.37. The third-order valence-electron chi connectivity index (χ3n) is 2.50. The fourth-order valence-electron chi connectivity index (χ4n) is 1.77. The smallest absolute Gasteiger partial charge is 0.195 e. The second-order valence-corrected chi connectivity index (χ2v) is 4.47. The van der Waals surface area contributed by atoms with Crippen molar-refractivity contribution in [1.82, 2.24) is 0 Å². The minimum Gasteiger partial charge on any atom is -0.380 e. The van der Waals surface area contributed by atoms with Crippen molar-refractivity contribution >= 4 is 26.4 Å². The van der Waals surface area contributed by atoms with E-state index in [4.69, 9.17) is 4.74 Å². The van der Waals surface area contributed by atoms with Gasteiger partial charge >= 0.3 is 0 Å². The normalized spacial score (nSPS) is 29.3. The van der Waals surface area contributed by atoms with Crippen LogP contribution < -0.4 is 0 Å². The van der Waals surface area contributed by atoms with Gasteiger partial charge in [0.15, 0.2) is 3.79 Å². The fraction of sp³-hybridized carbons (Fsp3) is 0.857.